The van der Waals surface area contributed by atoms with Gasteiger partial charge in [0.2, 0.25) is 5.89 Å². The minimum atomic E-state index is -0.219. The fourth-order valence-electron chi connectivity index (χ4n) is 2.73. The van der Waals surface area contributed by atoms with Crippen molar-refractivity contribution in [1.82, 2.24) is 15.2 Å². The Kier molecular flexibility index (Phi) is 5.03. The quantitative estimate of drug-likeness (QED) is 0.515. The molecule has 0 saturated carbocycles. The van der Waals surface area contributed by atoms with Gasteiger partial charge in [0.15, 0.2) is 0 Å². The molecule has 4 rings (SSSR count). The van der Waals surface area contributed by atoms with Gasteiger partial charge in [-0.2, -0.15) is 0 Å². The predicted molar refractivity (Wildman–Crippen MR) is 111 cm³/mol. The zero-order valence-electron chi connectivity index (χ0n) is 16.0. The van der Waals surface area contributed by atoms with Crippen LogP contribution in [-0.4, -0.2) is 21.1 Å². The maximum Gasteiger partial charge on any atom is 0.320 e. The number of anilines is 3. The molecule has 0 bridgehead atoms. The number of carbonyl (C=O) groups is 1. The standard InChI is InChI=1S/C22H19N5O2/c1-14-5-8-19(12-15(14)2)25-22-27-26-21(29-22)16-6-9-18(10-7-16)24-20(28)17-4-3-11-23-13-17/h3-13H,1-2H3,(H,24,28)(H,25,27). The van der Waals surface area contributed by atoms with Crippen molar-refractivity contribution in [3.63, 3.8) is 0 Å². The number of aromatic nitrogens is 3. The van der Waals surface area contributed by atoms with Crippen LogP contribution in [0.1, 0.15) is 21.5 Å². The van der Waals surface area contributed by atoms with Crippen LogP contribution in [0.25, 0.3) is 11.5 Å². The van der Waals surface area contributed by atoms with Crippen molar-refractivity contribution in [1.29, 1.82) is 0 Å². The molecule has 2 N–H and O–H groups in total. The highest BCUT2D eigenvalue weighted by Crippen LogP contribution is 2.24. The van der Waals surface area contributed by atoms with E-state index in [1.807, 2.05) is 37.3 Å². The highest BCUT2D eigenvalue weighted by atomic mass is 16.4. The summed E-state index contributed by atoms with van der Waals surface area (Å²) in [7, 11) is 0. The van der Waals surface area contributed by atoms with Crippen molar-refractivity contribution in [2.45, 2.75) is 13.8 Å². The molecule has 2 aromatic heterocycles. The minimum Gasteiger partial charge on any atom is -0.403 e. The Morgan fingerprint density at radius 2 is 1.72 bits per heavy atom. The minimum absolute atomic E-state index is 0.219. The van der Waals surface area contributed by atoms with Crippen molar-refractivity contribution in [2.24, 2.45) is 0 Å². The Hall–Kier alpha value is -4.00. The topological polar surface area (TPSA) is 92.9 Å². The van der Waals surface area contributed by atoms with Crippen molar-refractivity contribution in [2.75, 3.05) is 10.6 Å². The van der Waals surface area contributed by atoms with Crippen LogP contribution in [0.2, 0.25) is 0 Å². The zero-order chi connectivity index (χ0) is 20.2. The summed E-state index contributed by atoms with van der Waals surface area (Å²) in [5, 5.41) is 14.1. The lowest BCUT2D eigenvalue weighted by Gasteiger charge is -2.05. The van der Waals surface area contributed by atoms with Gasteiger partial charge in [-0.3, -0.25) is 9.78 Å². The first-order valence-electron chi connectivity index (χ1n) is 9.08. The van der Waals surface area contributed by atoms with Gasteiger partial charge in [-0.25, -0.2) is 0 Å². The number of hydrogen-bond donors (Lipinski definition) is 2. The van der Waals surface area contributed by atoms with E-state index in [-0.39, 0.29) is 5.91 Å². The number of nitrogens with zero attached hydrogens (tertiary/aromatic N) is 3. The fraction of sp³-hybridized carbons (Fsp3) is 0.0909. The van der Waals surface area contributed by atoms with E-state index >= 15 is 0 Å². The molecule has 2 heterocycles. The summed E-state index contributed by atoms with van der Waals surface area (Å²) < 4.78 is 5.71. The van der Waals surface area contributed by atoms with Crippen LogP contribution in [0.3, 0.4) is 0 Å². The summed E-state index contributed by atoms with van der Waals surface area (Å²) in [6, 6.07) is 17.0. The van der Waals surface area contributed by atoms with Gasteiger partial charge in [0.05, 0.1) is 5.56 Å². The van der Waals surface area contributed by atoms with E-state index in [2.05, 4.69) is 32.7 Å². The number of carbonyl (C=O) groups excluding carboxylic acids is 1. The van der Waals surface area contributed by atoms with Crippen LogP contribution in [-0.2, 0) is 0 Å². The number of amides is 1. The third-order valence-electron chi connectivity index (χ3n) is 4.50. The third kappa shape index (κ3) is 4.30. The molecular formula is C22H19N5O2. The van der Waals surface area contributed by atoms with Gasteiger partial charge in [0.1, 0.15) is 0 Å². The maximum absolute atomic E-state index is 12.2. The molecule has 1 amide bonds. The van der Waals surface area contributed by atoms with E-state index in [0.717, 1.165) is 11.3 Å². The van der Waals surface area contributed by atoms with Crippen molar-refractivity contribution >= 4 is 23.3 Å². The van der Waals surface area contributed by atoms with E-state index in [4.69, 9.17) is 4.42 Å². The van der Waals surface area contributed by atoms with Gasteiger partial charge in [-0.15, -0.1) is 5.10 Å². The largest absolute Gasteiger partial charge is 0.403 e. The maximum atomic E-state index is 12.2. The van der Waals surface area contributed by atoms with Gasteiger partial charge in [-0.1, -0.05) is 11.2 Å². The average molecular weight is 385 g/mol. The number of pyridine rings is 1. The molecule has 0 radical (unpaired) electrons. The monoisotopic (exact) mass is 385 g/mol. The second-order valence-electron chi connectivity index (χ2n) is 6.61. The van der Waals surface area contributed by atoms with E-state index < -0.39 is 0 Å². The van der Waals surface area contributed by atoms with Crippen LogP contribution >= 0.6 is 0 Å². The molecule has 0 aliphatic rings. The fourth-order valence-corrected chi connectivity index (χ4v) is 2.73. The molecule has 2 aromatic carbocycles. The van der Waals surface area contributed by atoms with Gasteiger partial charge < -0.3 is 15.1 Å². The summed E-state index contributed by atoms with van der Waals surface area (Å²) in [5.74, 6) is 0.171. The Labute approximate surface area is 167 Å². The Morgan fingerprint density at radius 3 is 2.45 bits per heavy atom. The molecule has 7 nitrogen and oxygen atoms in total. The third-order valence-corrected chi connectivity index (χ3v) is 4.50. The van der Waals surface area contributed by atoms with Crippen LogP contribution in [0.4, 0.5) is 17.4 Å². The van der Waals surface area contributed by atoms with Crippen molar-refractivity contribution in [3.05, 3.63) is 83.7 Å². The molecule has 0 atom stereocenters. The van der Waals surface area contributed by atoms with E-state index in [1.54, 1.807) is 30.5 Å². The molecule has 7 heteroatoms. The first-order chi connectivity index (χ1) is 14.1. The number of rotatable bonds is 5. The average Bonchev–Trinajstić information content (AvgIpc) is 3.20. The molecule has 0 aliphatic carbocycles. The molecular weight excluding hydrogens is 366 g/mol. The summed E-state index contributed by atoms with van der Waals surface area (Å²) >= 11 is 0. The summed E-state index contributed by atoms with van der Waals surface area (Å²) in [4.78, 5) is 16.1. The van der Waals surface area contributed by atoms with Crippen LogP contribution in [0, 0.1) is 13.8 Å². The zero-order valence-corrected chi connectivity index (χ0v) is 16.0. The molecule has 29 heavy (non-hydrogen) atoms. The lowest BCUT2D eigenvalue weighted by molar-refractivity contribution is 0.102. The predicted octanol–water partition coefficient (Wildman–Crippen LogP) is 4.74. The smallest absolute Gasteiger partial charge is 0.320 e. The molecule has 4 aromatic rings. The molecule has 0 unspecified atom stereocenters. The van der Waals surface area contributed by atoms with Gasteiger partial charge in [0.25, 0.3) is 5.91 Å². The first kappa shape index (κ1) is 18.4. The molecule has 0 fully saturated rings. The van der Waals surface area contributed by atoms with Crippen molar-refractivity contribution < 1.29 is 9.21 Å². The van der Waals surface area contributed by atoms with Gasteiger partial charge >= 0.3 is 6.01 Å². The molecule has 144 valence electrons. The number of benzene rings is 2. The second-order valence-corrected chi connectivity index (χ2v) is 6.61. The summed E-state index contributed by atoms with van der Waals surface area (Å²) in [6.45, 7) is 4.11. The first-order valence-corrected chi connectivity index (χ1v) is 9.08. The SMILES string of the molecule is Cc1ccc(Nc2nnc(-c3ccc(NC(=O)c4cccnc4)cc3)o2)cc1C. The normalized spacial score (nSPS) is 10.6. The van der Waals surface area contributed by atoms with Crippen LogP contribution in [0.15, 0.2) is 71.4 Å². The van der Waals surface area contributed by atoms with Crippen molar-refractivity contribution in [3.8, 4) is 11.5 Å². The highest BCUT2D eigenvalue weighted by molar-refractivity contribution is 6.04. The summed E-state index contributed by atoms with van der Waals surface area (Å²) in [5.41, 5.74) is 5.20. The van der Waals surface area contributed by atoms with E-state index in [1.165, 1.54) is 17.3 Å². The molecule has 0 spiro atoms. The van der Waals surface area contributed by atoms with Gasteiger partial charge in [0, 0.05) is 29.3 Å². The van der Waals surface area contributed by atoms with E-state index in [0.29, 0.717) is 23.2 Å². The lowest BCUT2D eigenvalue weighted by atomic mass is 10.1. The molecule has 0 aliphatic heterocycles. The van der Waals surface area contributed by atoms with E-state index in [9.17, 15) is 4.79 Å². The van der Waals surface area contributed by atoms with Gasteiger partial charge in [-0.05, 0) is 73.5 Å². The Morgan fingerprint density at radius 1 is 0.931 bits per heavy atom. The number of nitrogens with one attached hydrogen (secondary N) is 2. The Bertz CT molecular complexity index is 1140. The molecule has 0 saturated heterocycles. The number of aryl methyl sites for hydroxylation is 2. The second kappa shape index (κ2) is 7.93. The number of hydrogen-bond acceptors (Lipinski definition) is 6. The highest BCUT2D eigenvalue weighted by Gasteiger charge is 2.10. The summed E-state index contributed by atoms with van der Waals surface area (Å²) in [6.07, 6.45) is 3.14. The lowest BCUT2D eigenvalue weighted by Crippen LogP contribution is -2.11. The van der Waals surface area contributed by atoms with Crippen LogP contribution < -0.4 is 10.6 Å². The Balaban J connectivity index is 1.44. The van der Waals surface area contributed by atoms with Crippen LogP contribution in [0.5, 0.6) is 0 Å².